The molecule has 0 saturated heterocycles. The molecule has 38 heavy (non-hydrogen) atoms. The first-order valence-electron chi connectivity index (χ1n) is 11.5. The van der Waals surface area contributed by atoms with Gasteiger partial charge in [0.2, 0.25) is 11.8 Å². The minimum atomic E-state index is -1.51. The molecular formula is C26H20Cl3N6O3+. The van der Waals surface area contributed by atoms with Crippen molar-refractivity contribution in [2.45, 2.75) is 18.4 Å². The van der Waals surface area contributed by atoms with E-state index in [1.165, 1.54) is 18.2 Å². The third-order valence-electron chi connectivity index (χ3n) is 6.64. The standard InChI is InChI=1S/C26H20Cl3N6O3/c1-37-35-11-14(18-9-15(27)2-3-16(18)19-10-31-12-38-19)8-13-6-7-26(36,22(13)35)25-33-21(24(29)34-25)17-4-5-20(30)32-23(17)28/h2-5,8-12,36H,6-7H2,1H3,(H2,30,32)(H,33,34)/q+1. The SMILES string of the molecule is CO[n+]1cc(-c2cc(Cl)ccc2-c2cnco2)cc2c1C(O)(c1nc(Cl)c(-c3ccc(N)nc3Cl)[nH]1)CC2. The molecule has 9 nitrogen and oxygen atoms in total. The van der Waals surface area contributed by atoms with Crippen LogP contribution in [0.15, 0.2) is 59.6 Å². The van der Waals surface area contributed by atoms with E-state index >= 15 is 0 Å². The van der Waals surface area contributed by atoms with Crippen molar-refractivity contribution in [3.63, 3.8) is 0 Å². The number of aromatic nitrogens is 5. The van der Waals surface area contributed by atoms with E-state index in [0.29, 0.717) is 40.6 Å². The highest BCUT2D eigenvalue weighted by molar-refractivity contribution is 6.35. The second-order valence-corrected chi connectivity index (χ2v) is 10.0. The maximum absolute atomic E-state index is 12.0. The Kier molecular flexibility index (Phi) is 6.03. The number of nitrogen functional groups attached to an aromatic ring is 1. The van der Waals surface area contributed by atoms with Gasteiger partial charge < -0.3 is 20.2 Å². The third kappa shape index (κ3) is 3.99. The Morgan fingerprint density at radius 3 is 2.63 bits per heavy atom. The number of halogens is 3. The first-order valence-corrected chi connectivity index (χ1v) is 12.6. The number of hydrogen-bond acceptors (Lipinski definition) is 7. The number of aliphatic hydroxyl groups is 1. The van der Waals surface area contributed by atoms with Crippen LogP contribution in [-0.2, 0) is 12.0 Å². The quantitative estimate of drug-likeness (QED) is 0.203. The summed E-state index contributed by atoms with van der Waals surface area (Å²) < 4.78 is 7.09. The summed E-state index contributed by atoms with van der Waals surface area (Å²) in [4.78, 5) is 21.4. The number of fused-ring (bicyclic) bond motifs is 1. The highest BCUT2D eigenvalue weighted by Gasteiger charge is 2.51. The number of nitrogens with zero attached hydrogens (tertiary/aromatic N) is 4. The lowest BCUT2D eigenvalue weighted by molar-refractivity contribution is -0.893. The molecule has 192 valence electrons. The summed E-state index contributed by atoms with van der Waals surface area (Å²) in [6.45, 7) is 0. The molecule has 1 aliphatic rings. The Morgan fingerprint density at radius 1 is 1.08 bits per heavy atom. The number of aryl methyl sites for hydroxylation is 1. The van der Waals surface area contributed by atoms with Gasteiger partial charge in [-0.25, -0.2) is 15.0 Å². The molecule has 4 aromatic heterocycles. The van der Waals surface area contributed by atoms with E-state index in [-0.39, 0.29) is 21.9 Å². The van der Waals surface area contributed by atoms with E-state index in [0.717, 1.165) is 22.3 Å². The van der Waals surface area contributed by atoms with Gasteiger partial charge in [0.15, 0.2) is 23.1 Å². The van der Waals surface area contributed by atoms with E-state index in [1.54, 1.807) is 30.6 Å². The number of imidazole rings is 1. The molecule has 5 aromatic rings. The Balaban J connectivity index is 1.47. The molecular weight excluding hydrogens is 551 g/mol. The average Bonchev–Trinajstić information content (AvgIpc) is 3.64. The second-order valence-electron chi connectivity index (χ2n) is 8.85. The van der Waals surface area contributed by atoms with Gasteiger partial charge in [0, 0.05) is 32.0 Å². The molecule has 0 spiro atoms. The van der Waals surface area contributed by atoms with Crippen LogP contribution in [0.1, 0.15) is 23.5 Å². The molecule has 0 bridgehead atoms. The van der Waals surface area contributed by atoms with Gasteiger partial charge in [-0.2, -0.15) is 0 Å². The maximum Gasteiger partial charge on any atom is 0.276 e. The normalized spacial score (nSPS) is 16.6. The topological polar surface area (TPSA) is 127 Å². The van der Waals surface area contributed by atoms with Crippen LogP contribution in [-0.4, -0.2) is 32.2 Å². The zero-order valence-corrected chi connectivity index (χ0v) is 22.1. The largest absolute Gasteiger partial charge is 0.443 e. The zero-order valence-electron chi connectivity index (χ0n) is 19.9. The Hall–Kier alpha value is -3.63. The van der Waals surface area contributed by atoms with Crippen molar-refractivity contribution >= 4 is 40.6 Å². The van der Waals surface area contributed by atoms with Crippen LogP contribution in [0.2, 0.25) is 15.3 Å². The number of anilines is 1. The number of nitrogens with two attached hydrogens (primary N) is 1. The number of hydrogen-bond donors (Lipinski definition) is 3. The first-order chi connectivity index (χ1) is 18.3. The van der Waals surface area contributed by atoms with Crippen molar-refractivity contribution in [1.29, 1.82) is 0 Å². The molecule has 1 atom stereocenters. The minimum absolute atomic E-state index is 0.145. The van der Waals surface area contributed by atoms with Crippen molar-refractivity contribution < 1.29 is 19.1 Å². The Bertz CT molecular complexity index is 1690. The van der Waals surface area contributed by atoms with Crippen LogP contribution in [0, 0.1) is 0 Å². The van der Waals surface area contributed by atoms with Gasteiger partial charge >= 0.3 is 0 Å². The summed E-state index contributed by atoms with van der Waals surface area (Å²) in [7, 11) is 1.53. The molecule has 4 N–H and O–H groups in total. The predicted molar refractivity (Wildman–Crippen MR) is 143 cm³/mol. The van der Waals surface area contributed by atoms with Gasteiger partial charge in [-0.3, -0.25) is 4.84 Å². The number of nitrogens with one attached hydrogen (secondary N) is 1. The van der Waals surface area contributed by atoms with Crippen LogP contribution < -0.4 is 15.3 Å². The first kappa shape index (κ1) is 24.7. The summed E-state index contributed by atoms with van der Waals surface area (Å²) in [5, 5.41) is 12.8. The molecule has 0 aliphatic heterocycles. The van der Waals surface area contributed by atoms with Crippen molar-refractivity contribution in [3.8, 4) is 33.7 Å². The summed E-state index contributed by atoms with van der Waals surface area (Å²) in [6.07, 6.45) is 5.70. The van der Waals surface area contributed by atoms with Crippen LogP contribution in [0.25, 0.3) is 33.7 Å². The molecule has 4 heterocycles. The average molecular weight is 571 g/mol. The Morgan fingerprint density at radius 2 is 1.89 bits per heavy atom. The van der Waals surface area contributed by atoms with E-state index in [4.69, 9.17) is 49.8 Å². The van der Waals surface area contributed by atoms with Gasteiger partial charge in [-0.15, -0.1) is 0 Å². The fraction of sp³-hybridized carbons (Fsp3) is 0.154. The van der Waals surface area contributed by atoms with Crippen molar-refractivity contribution in [2.24, 2.45) is 0 Å². The van der Waals surface area contributed by atoms with Crippen LogP contribution in [0.5, 0.6) is 0 Å². The van der Waals surface area contributed by atoms with Crippen LogP contribution in [0.3, 0.4) is 0 Å². The fourth-order valence-corrected chi connectivity index (χ4v) is 5.56. The number of rotatable bonds is 5. The summed E-state index contributed by atoms with van der Waals surface area (Å²) in [5.41, 5.74) is 9.03. The van der Waals surface area contributed by atoms with Gasteiger partial charge in [0.1, 0.15) is 18.1 Å². The second kappa shape index (κ2) is 9.28. The number of aromatic amines is 1. The van der Waals surface area contributed by atoms with E-state index in [9.17, 15) is 5.11 Å². The summed E-state index contributed by atoms with van der Waals surface area (Å²) in [6, 6.07) is 10.8. The molecule has 12 heteroatoms. The molecule has 0 fully saturated rings. The number of oxazole rings is 1. The lowest BCUT2D eigenvalue weighted by atomic mass is 9.96. The van der Waals surface area contributed by atoms with Crippen LogP contribution in [0.4, 0.5) is 5.82 Å². The Labute approximate surface area is 231 Å². The van der Waals surface area contributed by atoms with Crippen molar-refractivity contribution in [1.82, 2.24) is 19.9 Å². The predicted octanol–water partition coefficient (Wildman–Crippen LogP) is 4.86. The van der Waals surface area contributed by atoms with E-state index in [2.05, 4.69) is 19.9 Å². The number of H-pyrrole nitrogens is 1. The monoisotopic (exact) mass is 569 g/mol. The highest BCUT2D eigenvalue weighted by Crippen LogP contribution is 2.43. The number of pyridine rings is 2. The van der Waals surface area contributed by atoms with Gasteiger partial charge in [-0.05, 0) is 49.2 Å². The van der Waals surface area contributed by atoms with Crippen molar-refractivity contribution in [2.75, 3.05) is 12.8 Å². The van der Waals surface area contributed by atoms with Crippen LogP contribution >= 0.6 is 34.8 Å². The molecule has 1 unspecified atom stereocenters. The highest BCUT2D eigenvalue weighted by atomic mass is 35.5. The van der Waals surface area contributed by atoms with Gasteiger partial charge in [-0.1, -0.05) is 34.8 Å². The lowest BCUT2D eigenvalue weighted by Crippen LogP contribution is -2.50. The molecule has 1 aliphatic carbocycles. The van der Waals surface area contributed by atoms with Gasteiger partial charge in [0.05, 0.1) is 17.5 Å². The molecule has 0 amide bonds. The zero-order chi connectivity index (χ0) is 26.6. The fourth-order valence-electron chi connectivity index (χ4n) is 4.90. The summed E-state index contributed by atoms with van der Waals surface area (Å²) >= 11 is 19.1. The lowest BCUT2D eigenvalue weighted by Gasteiger charge is -2.18. The molecule has 0 radical (unpaired) electrons. The minimum Gasteiger partial charge on any atom is -0.443 e. The molecule has 0 saturated carbocycles. The third-order valence-corrected chi connectivity index (χ3v) is 7.43. The van der Waals surface area contributed by atoms with Gasteiger partial charge in [0.25, 0.3) is 5.69 Å². The molecule has 6 rings (SSSR count). The van der Waals surface area contributed by atoms with Crippen molar-refractivity contribution in [3.05, 3.63) is 87.6 Å². The molecule has 1 aromatic carbocycles. The smallest absolute Gasteiger partial charge is 0.276 e. The maximum atomic E-state index is 12.0. The number of benzene rings is 1. The van der Waals surface area contributed by atoms with E-state index in [1.807, 2.05) is 18.2 Å². The van der Waals surface area contributed by atoms with E-state index < -0.39 is 5.60 Å². The summed E-state index contributed by atoms with van der Waals surface area (Å²) in [5.74, 6) is 1.14.